The molecule has 0 aliphatic heterocycles. The Balaban J connectivity index is 3.74. The number of sulfone groups is 1. The second kappa shape index (κ2) is 7.25. The van der Waals surface area contributed by atoms with Crippen LogP contribution in [0.2, 0.25) is 0 Å². The molecule has 5 heteroatoms. The zero-order chi connectivity index (χ0) is 12.8. The standard InChI is InChI=1S/C11H25NO3S/c1-10(2)16(14,15)9-5-7-12(4)8-6-11(3)13/h10-11,13H,5-9H2,1-4H3. The van der Waals surface area contributed by atoms with E-state index in [1.54, 1.807) is 20.8 Å². The van der Waals surface area contributed by atoms with E-state index in [4.69, 9.17) is 5.11 Å². The maximum atomic E-state index is 11.5. The molecule has 0 aliphatic carbocycles. The third kappa shape index (κ3) is 7.19. The number of rotatable bonds is 8. The van der Waals surface area contributed by atoms with Crippen molar-refractivity contribution in [3.8, 4) is 0 Å². The Kier molecular flexibility index (Phi) is 7.19. The largest absolute Gasteiger partial charge is 0.393 e. The Hall–Kier alpha value is -0.130. The Morgan fingerprint density at radius 3 is 2.19 bits per heavy atom. The molecule has 0 heterocycles. The van der Waals surface area contributed by atoms with Gasteiger partial charge in [-0.15, -0.1) is 0 Å². The number of hydrogen-bond donors (Lipinski definition) is 1. The Morgan fingerprint density at radius 1 is 1.19 bits per heavy atom. The van der Waals surface area contributed by atoms with Gasteiger partial charge in [0.2, 0.25) is 0 Å². The van der Waals surface area contributed by atoms with Gasteiger partial charge < -0.3 is 10.0 Å². The molecule has 98 valence electrons. The first-order valence-corrected chi connectivity index (χ1v) is 7.55. The summed E-state index contributed by atoms with van der Waals surface area (Å²) in [5.41, 5.74) is 0. The van der Waals surface area contributed by atoms with Crippen LogP contribution < -0.4 is 0 Å². The van der Waals surface area contributed by atoms with Crippen LogP contribution in [0.4, 0.5) is 0 Å². The molecule has 0 amide bonds. The summed E-state index contributed by atoms with van der Waals surface area (Å²) in [6, 6.07) is 0. The third-order valence-corrected chi connectivity index (χ3v) is 4.91. The molecule has 0 bridgehead atoms. The summed E-state index contributed by atoms with van der Waals surface area (Å²) in [6.45, 7) is 6.76. The van der Waals surface area contributed by atoms with Crippen molar-refractivity contribution in [3.63, 3.8) is 0 Å². The molecule has 1 N–H and O–H groups in total. The molecule has 0 spiro atoms. The lowest BCUT2D eigenvalue weighted by atomic mass is 10.3. The monoisotopic (exact) mass is 251 g/mol. The van der Waals surface area contributed by atoms with Gasteiger partial charge in [-0.2, -0.15) is 0 Å². The van der Waals surface area contributed by atoms with Crippen LogP contribution in [0.25, 0.3) is 0 Å². The zero-order valence-electron chi connectivity index (χ0n) is 10.8. The van der Waals surface area contributed by atoms with Gasteiger partial charge in [0.25, 0.3) is 0 Å². The van der Waals surface area contributed by atoms with Crippen molar-refractivity contribution in [2.75, 3.05) is 25.9 Å². The van der Waals surface area contributed by atoms with Gasteiger partial charge in [-0.25, -0.2) is 8.42 Å². The van der Waals surface area contributed by atoms with Crippen molar-refractivity contribution in [2.45, 2.75) is 45.0 Å². The molecular formula is C11H25NO3S. The molecule has 4 nitrogen and oxygen atoms in total. The summed E-state index contributed by atoms with van der Waals surface area (Å²) in [5, 5.41) is 8.82. The summed E-state index contributed by atoms with van der Waals surface area (Å²) in [7, 11) is -0.952. The fourth-order valence-corrected chi connectivity index (χ4v) is 2.29. The summed E-state index contributed by atoms with van der Waals surface area (Å²) < 4.78 is 23.0. The highest BCUT2D eigenvalue weighted by atomic mass is 32.2. The topological polar surface area (TPSA) is 57.6 Å². The number of aliphatic hydroxyl groups is 1. The summed E-state index contributed by atoms with van der Waals surface area (Å²) in [4.78, 5) is 2.06. The van der Waals surface area contributed by atoms with Crippen LogP contribution in [0, 0.1) is 0 Å². The maximum absolute atomic E-state index is 11.5. The van der Waals surface area contributed by atoms with Crippen molar-refractivity contribution in [3.05, 3.63) is 0 Å². The van der Waals surface area contributed by atoms with Crippen LogP contribution >= 0.6 is 0 Å². The average Bonchev–Trinajstić information content (AvgIpc) is 2.14. The van der Waals surface area contributed by atoms with Crippen LogP contribution in [0.5, 0.6) is 0 Å². The van der Waals surface area contributed by atoms with Crippen molar-refractivity contribution in [1.29, 1.82) is 0 Å². The van der Waals surface area contributed by atoms with Crippen LogP contribution in [-0.4, -0.2) is 55.7 Å². The van der Waals surface area contributed by atoms with E-state index >= 15 is 0 Å². The van der Waals surface area contributed by atoms with E-state index in [0.29, 0.717) is 6.42 Å². The SMILES string of the molecule is CC(O)CCN(C)CCCS(=O)(=O)C(C)C. The van der Waals surface area contributed by atoms with E-state index in [1.165, 1.54) is 0 Å². The van der Waals surface area contributed by atoms with E-state index in [2.05, 4.69) is 4.90 Å². The average molecular weight is 251 g/mol. The molecule has 1 unspecified atom stereocenters. The molecule has 1 atom stereocenters. The third-order valence-electron chi connectivity index (χ3n) is 2.62. The number of aliphatic hydroxyl groups excluding tert-OH is 1. The highest BCUT2D eigenvalue weighted by Gasteiger charge is 2.15. The number of hydrogen-bond acceptors (Lipinski definition) is 4. The van der Waals surface area contributed by atoms with Crippen LogP contribution in [-0.2, 0) is 9.84 Å². The summed E-state index contributed by atoms with van der Waals surface area (Å²) >= 11 is 0. The molecule has 0 fully saturated rings. The molecule has 0 aromatic carbocycles. The van der Waals surface area contributed by atoms with Crippen LogP contribution in [0.1, 0.15) is 33.6 Å². The molecule has 0 aromatic heterocycles. The first kappa shape index (κ1) is 15.9. The van der Waals surface area contributed by atoms with Crippen LogP contribution in [0.15, 0.2) is 0 Å². The Bertz CT molecular complexity index is 273. The molecule has 0 radical (unpaired) electrons. The predicted molar refractivity (Wildman–Crippen MR) is 67.3 cm³/mol. The quantitative estimate of drug-likeness (QED) is 0.696. The first-order chi connectivity index (χ1) is 7.25. The van der Waals surface area contributed by atoms with E-state index < -0.39 is 9.84 Å². The highest BCUT2D eigenvalue weighted by Crippen LogP contribution is 2.03. The second-order valence-corrected chi connectivity index (χ2v) is 7.39. The Labute approximate surface area is 99.6 Å². The lowest BCUT2D eigenvalue weighted by molar-refractivity contribution is 0.164. The maximum Gasteiger partial charge on any atom is 0.152 e. The van der Waals surface area contributed by atoms with Gasteiger partial charge in [-0.3, -0.25) is 0 Å². The van der Waals surface area contributed by atoms with E-state index in [1.807, 2.05) is 7.05 Å². The van der Waals surface area contributed by atoms with Gasteiger partial charge >= 0.3 is 0 Å². The van der Waals surface area contributed by atoms with Crippen molar-refractivity contribution in [2.24, 2.45) is 0 Å². The first-order valence-electron chi connectivity index (χ1n) is 5.84. The van der Waals surface area contributed by atoms with E-state index in [0.717, 1.165) is 19.5 Å². The molecule has 16 heavy (non-hydrogen) atoms. The van der Waals surface area contributed by atoms with Gasteiger partial charge in [0.15, 0.2) is 9.84 Å². The van der Waals surface area contributed by atoms with Gasteiger partial charge in [0, 0.05) is 6.54 Å². The second-order valence-electron chi connectivity index (χ2n) is 4.71. The van der Waals surface area contributed by atoms with Gasteiger partial charge in [-0.05, 0) is 47.2 Å². The molecule has 0 aliphatic rings. The summed E-state index contributed by atoms with van der Waals surface area (Å²) in [5.74, 6) is 0.254. The Morgan fingerprint density at radius 2 is 1.75 bits per heavy atom. The minimum absolute atomic E-state index is 0.254. The lowest BCUT2D eigenvalue weighted by Gasteiger charge is -2.17. The van der Waals surface area contributed by atoms with Crippen molar-refractivity contribution >= 4 is 9.84 Å². The summed E-state index contributed by atoms with van der Waals surface area (Å²) in [6.07, 6.45) is 1.10. The highest BCUT2D eigenvalue weighted by molar-refractivity contribution is 7.91. The normalized spacial score (nSPS) is 14.7. The minimum atomic E-state index is -2.90. The zero-order valence-corrected chi connectivity index (χ0v) is 11.6. The van der Waals surface area contributed by atoms with E-state index in [9.17, 15) is 8.42 Å². The smallest absolute Gasteiger partial charge is 0.152 e. The fraction of sp³-hybridized carbons (Fsp3) is 1.00. The predicted octanol–water partition coefficient (Wildman–Crippen LogP) is 0.902. The van der Waals surface area contributed by atoms with E-state index in [-0.39, 0.29) is 17.1 Å². The van der Waals surface area contributed by atoms with Gasteiger partial charge in [0.1, 0.15) is 0 Å². The number of nitrogens with zero attached hydrogens (tertiary/aromatic N) is 1. The van der Waals surface area contributed by atoms with Crippen molar-refractivity contribution in [1.82, 2.24) is 4.90 Å². The molecular weight excluding hydrogens is 226 g/mol. The van der Waals surface area contributed by atoms with Gasteiger partial charge in [-0.1, -0.05) is 0 Å². The molecule has 0 saturated heterocycles. The van der Waals surface area contributed by atoms with Gasteiger partial charge in [0.05, 0.1) is 17.1 Å². The fourth-order valence-electron chi connectivity index (χ4n) is 1.29. The van der Waals surface area contributed by atoms with Crippen molar-refractivity contribution < 1.29 is 13.5 Å². The molecule has 0 aromatic rings. The lowest BCUT2D eigenvalue weighted by Crippen LogP contribution is -2.26. The van der Waals surface area contributed by atoms with Crippen LogP contribution in [0.3, 0.4) is 0 Å². The minimum Gasteiger partial charge on any atom is -0.393 e. The molecule has 0 saturated carbocycles. The molecule has 0 rings (SSSR count).